The predicted molar refractivity (Wildman–Crippen MR) is 72.7 cm³/mol. The molecule has 5 nitrogen and oxygen atoms in total. The van der Waals surface area contributed by atoms with Crippen molar-refractivity contribution in [1.29, 1.82) is 0 Å². The second kappa shape index (κ2) is 5.80. The van der Waals surface area contributed by atoms with E-state index in [2.05, 4.69) is 10.0 Å². The summed E-state index contributed by atoms with van der Waals surface area (Å²) < 4.78 is 0. The Kier molecular flexibility index (Phi) is 4.12. The maximum absolute atomic E-state index is 12.0. The zero-order valence-electron chi connectivity index (χ0n) is 10.1. The molecule has 94 valence electrons. The monoisotopic (exact) mass is 262 g/mol. The van der Waals surface area contributed by atoms with Gasteiger partial charge in [0.25, 0.3) is 0 Å². The molecule has 1 aliphatic rings. The number of nitrogens with zero attached hydrogens (tertiary/aromatic N) is 4. The number of para-hydroxylation sites is 1. The van der Waals surface area contributed by atoms with E-state index in [-0.39, 0.29) is 11.8 Å². The van der Waals surface area contributed by atoms with E-state index in [0.717, 1.165) is 10.6 Å². The largest absolute Gasteiger partial charge is 0.311 e. The van der Waals surface area contributed by atoms with Crippen LogP contribution in [0.4, 0.5) is 5.69 Å². The van der Waals surface area contributed by atoms with Gasteiger partial charge in [-0.15, -0.1) is 11.8 Å². The topological polar surface area (TPSA) is 69.1 Å². The molecule has 2 rings (SSSR count). The molecule has 0 aromatic heterocycles. The maximum atomic E-state index is 12.0. The van der Waals surface area contributed by atoms with Crippen molar-refractivity contribution in [1.82, 2.24) is 0 Å². The third-order valence-corrected chi connectivity index (χ3v) is 3.77. The molecule has 0 spiro atoms. The molecule has 0 bridgehead atoms. The van der Waals surface area contributed by atoms with Crippen molar-refractivity contribution in [3.63, 3.8) is 0 Å². The summed E-state index contributed by atoms with van der Waals surface area (Å²) in [7, 11) is 0. The Morgan fingerprint density at radius 2 is 2.33 bits per heavy atom. The summed E-state index contributed by atoms with van der Waals surface area (Å²) in [4.78, 5) is 17.6. The Labute approximate surface area is 110 Å². The summed E-state index contributed by atoms with van der Waals surface area (Å²) in [6.45, 7) is 1.02. The van der Waals surface area contributed by atoms with Crippen LogP contribution in [-0.2, 0) is 4.79 Å². The smallest absolute Gasteiger partial charge is 0.227 e. The van der Waals surface area contributed by atoms with Crippen LogP contribution < -0.4 is 4.90 Å². The molecule has 0 aliphatic carbocycles. The Balaban J connectivity index is 2.18. The second-order valence-electron chi connectivity index (χ2n) is 4.16. The van der Waals surface area contributed by atoms with Gasteiger partial charge in [-0.3, -0.25) is 4.79 Å². The van der Waals surface area contributed by atoms with Gasteiger partial charge in [0.1, 0.15) is 0 Å². The Morgan fingerprint density at radius 1 is 1.56 bits per heavy atom. The van der Waals surface area contributed by atoms with Crippen molar-refractivity contribution in [2.24, 2.45) is 11.0 Å². The first-order valence-electron chi connectivity index (χ1n) is 5.70. The van der Waals surface area contributed by atoms with E-state index in [0.29, 0.717) is 19.5 Å². The van der Waals surface area contributed by atoms with E-state index < -0.39 is 0 Å². The molecular weight excluding hydrogens is 248 g/mol. The molecule has 0 saturated carbocycles. The van der Waals surface area contributed by atoms with Crippen LogP contribution in [0.3, 0.4) is 0 Å². The van der Waals surface area contributed by atoms with Crippen molar-refractivity contribution in [3.05, 3.63) is 34.7 Å². The van der Waals surface area contributed by atoms with Crippen LogP contribution in [0, 0.1) is 5.92 Å². The minimum absolute atomic E-state index is 0.106. The zero-order chi connectivity index (χ0) is 13.0. The Bertz CT molecular complexity index is 499. The number of hydrogen-bond donors (Lipinski definition) is 0. The lowest BCUT2D eigenvalue weighted by molar-refractivity contribution is -0.117. The Hall–Kier alpha value is -1.65. The highest BCUT2D eigenvalue weighted by Crippen LogP contribution is 2.32. The standard InChI is InChI=1S/C12H14N4OS/c1-18-11-5-3-2-4-10(11)16-8-9(6-12(16)17)7-14-15-13/h2-5,9H,6-8H2,1H3. The van der Waals surface area contributed by atoms with E-state index in [1.807, 2.05) is 30.5 Å². The van der Waals surface area contributed by atoms with Gasteiger partial charge in [0.2, 0.25) is 5.91 Å². The van der Waals surface area contributed by atoms with E-state index >= 15 is 0 Å². The first kappa shape index (κ1) is 12.8. The van der Waals surface area contributed by atoms with Crippen LogP contribution in [-0.4, -0.2) is 25.3 Å². The summed E-state index contributed by atoms with van der Waals surface area (Å²) in [5, 5.41) is 3.56. The quantitative estimate of drug-likeness (QED) is 0.362. The van der Waals surface area contributed by atoms with E-state index in [1.54, 1.807) is 16.7 Å². The van der Waals surface area contributed by atoms with Gasteiger partial charge in [-0.05, 0) is 29.8 Å². The van der Waals surface area contributed by atoms with Gasteiger partial charge in [0.15, 0.2) is 0 Å². The molecule has 6 heteroatoms. The number of anilines is 1. The maximum Gasteiger partial charge on any atom is 0.227 e. The molecule has 1 aromatic rings. The molecule has 1 heterocycles. The van der Waals surface area contributed by atoms with E-state index in [4.69, 9.17) is 5.53 Å². The highest BCUT2D eigenvalue weighted by Gasteiger charge is 2.30. The van der Waals surface area contributed by atoms with E-state index in [9.17, 15) is 4.79 Å². The minimum Gasteiger partial charge on any atom is -0.311 e. The van der Waals surface area contributed by atoms with Gasteiger partial charge in [0, 0.05) is 29.3 Å². The van der Waals surface area contributed by atoms with Crippen molar-refractivity contribution >= 4 is 23.4 Å². The molecular formula is C12H14N4OS. The fourth-order valence-corrected chi connectivity index (χ4v) is 2.74. The number of benzene rings is 1. The second-order valence-corrected chi connectivity index (χ2v) is 5.01. The number of thioether (sulfide) groups is 1. The molecule has 1 aromatic carbocycles. The molecule has 1 unspecified atom stereocenters. The number of carbonyl (C=O) groups excluding carboxylic acids is 1. The molecule has 18 heavy (non-hydrogen) atoms. The first-order chi connectivity index (χ1) is 8.76. The van der Waals surface area contributed by atoms with Crippen molar-refractivity contribution in [2.45, 2.75) is 11.3 Å². The zero-order valence-corrected chi connectivity index (χ0v) is 10.9. The van der Waals surface area contributed by atoms with Crippen molar-refractivity contribution < 1.29 is 4.79 Å². The van der Waals surface area contributed by atoms with Crippen LogP contribution in [0.1, 0.15) is 6.42 Å². The fourth-order valence-electron chi connectivity index (χ4n) is 2.14. The lowest BCUT2D eigenvalue weighted by Crippen LogP contribution is -2.25. The normalized spacial score (nSPS) is 18.8. The average molecular weight is 262 g/mol. The lowest BCUT2D eigenvalue weighted by Gasteiger charge is -2.19. The van der Waals surface area contributed by atoms with Crippen LogP contribution in [0.25, 0.3) is 10.4 Å². The number of rotatable bonds is 4. The van der Waals surface area contributed by atoms with Gasteiger partial charge < -0.3 is 4.90 Å². The third kappa shape index (κ3) is 2.60. The number of hydrogen-bond acceptors (Lipinski definition) is 3. The van der Waals surface area contributed by atoms with Gasteiger partial charge >= 0.3 is 0 Å². The van der Waals surface area contributed by atoms with Gasteiger partial charge in [0.05, 0.1) is 5.69 Å². The highest BCUT2D eigenvalue weighted by atomic mass is 32.2. The molecule has 0 radical (unpaired) electrons. The molecule has 1 atom stereocenters. The summed E-state index contributed by atoms with van der Waals surface area (Å²) >= 11 is 1.63. The van der Waals surface area contributed by atoms with Crippen LogP contribution in [0.5, 0.6) is 0 Å². The molecule has 1 amide bonds. The molecule has 1 saturated heterocycles. The van der Waals surface area contributed by atoms with Gasteiger partial charge in [-0.2, -0.15) is 0 Å². The summed E-state index contributed by atoms with van der Waals surface area (Å²) in [6.07, 6.45) is 2.46. The SMILES string of the molecule is CSc1ccccc1N1CC(CN=[N+]=[N-])CC1=O. The number of carbonyl (C=O) groups is 1. The van der Waals surface area contributed by atoms with Crippen molar-refractivity contribution in [2.75, 3.05) is 24.2 Å². The first-order valence-corrected chi connectivity index (χ1v) is 6.93. The van der Waals surface area contributed by atoms with Gasteiger partial charge in [-0.1, -0.05) is 17.2 Å². The summed E-state index contributed by atoms with van der Waals surface area (Å²) in [5.41, 5.74) is 9.27. The fraction of sp³-hybridized carbons (Fsp3) is 0.417. The van der Waals surface area contributed by atoms with Crippen LogP contribution in [0.2, 0.25) is 0 Å². The summed E-state index contributed by atoms with van der Waals surface area (Å²) in [6, 6.07) is 7.87. The van der Waals surface area contributed by atoms with Crippen LogP contribution in [0.15, 0.2) is 34.3 Å². The van der Waals surface area contributed by atoms with E-state index in [1.165, 1.54) is 0 Å². The predicted octanol–water partition coefficient (Wildman–Crippen LogP) is 3.07. The minimum atomic E-state index is 0.106. The number of amides is 1. The van der Waals surface area contributed by atoms with Crippen molar-refractivity contribution in [3.8, 4) is 0 Å². The molecule has 0 N–H and O–H groups in total. The third-order valence-electron chi connectivity index (χ3n) is 2.98. The number of azide groups is 1. The average Bonchev–Trinajstić information content (AvgIpc) is 2.77. The summed E-state index contributed by atoms with van der Waals surface area (Å²) in [5.74, 6) is 0.234. The van der Waals surface area contributed by atoms with Crippen LogP contribution >= 0.6 is 11.8 Å². The molecule has 1 fully saturated rings. The highest BCUT2D eigenvalue weighted by molar-refractivity contribution is 7.98. The van der Waals surface area contributed by atoms with Gasteiger partial charge in [-0.25, -0.2) is 0 Å². The lowest BCUT2D eigenvalue weighted by atomic mass is 10.1. The molecule has 1 aliphatic heterocycles. The Morgan fingerprint density at radius 3 is 3.06 bits per heavy atom.